The fourth-order valence-electron chi connectivity index (χ4n) is 3.09. The number of nitrogens with zero attached hydrogens (tertiary/aromatic N) is 1. The molecule has 0 aromatic heterocycles. The Balaban J connectivity index is 1.78. The summed E-state index contributed by atoms with van der Waals surface area (Å²) in [5.41, 5.74) is 4.02. The van der Waals surface area contributed by atoms with Crippen LogP contribution in [0.2, 0.25) is 0 Å². The van der Waals surface area contributed by atoms with Gasteiger partial charge < -0.3 is 9.84 Å². The van der Waals surface area contributed by atoms with Crippen LogP contribution in [-0.2, 0) is 11.2 Å². The highest BCUT2D eigenvalue weighted by Gasteiger charge is 2.27. The van der Waals surface area contributed by atoms with E-state index in [4.69, 9.17) is 4.74 Å². The van der Waals surface area contributed by atoms with Gasteiger partial charge in [0.1, 0.15) is 0 Å². The Kier molecular flexibility index (Phi) is 3.97. The predicted molar refractivity (Wildman–Crippen MR) is 75.1 cm³/mol. The van der Waals surface area contributed by atoms with Crippen LogP contribution in [0.15, 0.2) is 35.9 Å². The third-order valence-electron chi connectivity index (χ3n) is 4.08. The molecule has 0 aliphatic carbocycles. The minimum atomic E-state index is 0.132. The number of aliphatic hydroxyl groups excluding tert-OH is 1. The van der Waals surface area contributed by atoms with E-state index in [1.165, 1.54) is 16.7 Å². The molecule has 0 bridgehead atoms. The summed E-state index contributed by atoms with van der Waals surface area (Å²) < 4.78 is 5.50. The lowest BCUT2D eigenvalue weighted by Gasteiger charge is -2.37. The minimum absolute atomic E-state index is 0.132. The van der Waals surface area contributed by atoms with Crippen molar-refractivity contribution in [2.45, 2.75) is 18.9 Å². The number of rotatable bonds is 3. The molecule has 1 aromatic carbocycles. The van der Waals surface area contributed by atoms with E-state index >= 15 is 0 Å². The molecule has 1 aromatic rings. The van der Waals surface area contributed by atoms with Gasteiger partial charge in [-0.05, 0) is 29.5 Å². The summed E-state index contributed by atoms with van der Waals surface area (Å²) in [6.45, 7) is 3.70. The zero-order valence-electron chi connectivity index (χ0n) is 11.2. The van der Waals surface area contributed by atoms with Gasteiger partial charge in [0.2, 0.25) is 0 Å². The Labute approximate surface area is 114 Å². The average molecular weight is 259 g/mol. The molecule has 102 valence electrons. The van der Waals surface area contributed by atoms with Gasteiger partial charge >= 0.3 is 0 Å². The zero-order valence-corrected chi connectivity index (χ0v) is 11.2. The molecular formula is C16H21NO2. The maximum atomic E-state index is 9.75. The Bertz CT molecular complexity index is 470. The van der Waals surface area contributed by atoms with E-state index in [-0.39, 0.29) is 12.6 Å². The normalized spacial score (nSPS) is 23.8. The Morgan fingerprint density at radius 2 is 2.21 bits per heavy atom. The second-order valence-corrected chi connectivity index (χ2v) is 5.32. The van der Waals surface area contributed by atoms with Gasteiger partial charge in [-0.25, -0.2) is 0 Å². The van der Waals surface area contributed by atoms with Crippen LogP contribution in [0.4, 0.5) is 0 Å². The van der Waals surface area contributed by atoms with Crippen LogP contribution in [-0.4, -0.2) is 42.9 Å². The molecule has 2 aliphatic heterocycles. The first-order chi connectivity index (χ1) is 9.38. The number of benzene rings is 1. The van der Waals surface area contributed by atoms with Crippen LogP contribution in [0, 0.1) is 0 Å². The molecule has 1 unspecified atom stereocenters. The van der Waals surface area contributed by atoms with Crippen molar-refractivity contribution in [3.05, 3.63) is 47.0 Å². The molecule has 1 N–H and O–H groups in total. The Hall–Kier alpha value is -1.16. The van der Waals surface area contributed by atoms with E-state index in [9.17, 15) is 5.11 Å². The van der Waals surface area contributed by atoms with Crippen molar-refractivity contribution in [2.75, 3.05) is 32.9 Å². The standard InChI is InChI=1S/C16H21NO2/c18-11-16-15-6-2-1-5-14(15)7-8-17(16)10-13-4-3-9-19-12-13/h1-2,4-6,16,18H,3,7-12H2. The quantitative estimate of drug-likeness (QED) is 0.842. The first-order valence-corrected chi connectivity index (χ1v) is 7.07. The van der Waals surface area contributed by atoms with Gasteiger partial charge in [-0.3, -0.25) is 4.90 Å². The van der Waals surface area contributed by atoms with Gasteiger partial charge in [0, 0.05) is 13.1 Å². The molecule has 2 heterocycles. The number of ether oxygens (including phenoxy) is 1. The second-order valence-electron chi connectivity index (χ2n) is 5.32. The molecular weight excluding hydrogens is 238 g/mol. The first kappa shape index (κ1) is 12.9. The third-order valence-corrected chi connectivity index (χ3v) is 4.08. The number of hydrogen-bond acceptors (Lipinski definition) is 3. The molecule has 0 spiro atoms. The third kappa shape index (κ3) is 2.73. The SMILES string of the molecule is OCC1c2ccccc2CCN1CC1=CCCOC1. The van der Waals surface area contributed by atoms with E-state index in [0.717, 1.165) is 39.1 Å². The molecule has 0 amide bonds. The highest BCUT2D eigenvalue weighted by molar-refractivity contribution is 5.33. The Morgan fingerprint density at radius 1 is 1.32 bits per heavy atom. The van der Waals surface area contributed by atoms with Crippen LogP contribution in [0.25, 0.3) is 0 Å². The molecule has 19 heavy (non-hydrogen) atoms. The summed E-state index contributed by atoms with van der Waals surface area (Å²) in [6.07, 6.45) is 4.38. The number of hydrogen-bond donors (Lipinski definition) is 1. The highest BCUT2D eigenvalue weighted by Crippen LogP contribution is 2.30. The number of fused-ring (bicyclic) bond motifs is 1. The molecule has 3 rings (SSSR count). The van der Waals surface area contributed by atoms with Crippen molar-refractivity contribution in [3.8, 4) is 0 Å². The maximum absolute atomic E-state index is 9.75. The lowest BCUT2D eigenvalue weighted by atomic mass is 9.92. The van der Waals surface area contributed by atoms with E-state index in [0.29, 0.717) is 0 Å². The van der Waals surface area contributed by atoms with Crippen molar-refractivity contribution in [2.24, 2.45) is 0 Å². The largest absolute Gasteiger partial charge is 0.394 e. The van der Waals surface area contributed by atoms with Crippen LogP contribution in [0.1, 0.15) is 23.6 Å². The average Bonchev–Trinajstić information content (AvgIpc) is 2.48. The summed E-state index contributed by atoms with van der Waals surface area (Å²) >= 11 is 0. The first-order valence-electron chi connectivity index (χ1n) is 7.07. The molecule has 2 aliphatic rings. The van der Waals surface area contributed by atoms with Crippen LogP contribution in [0.5, 0.6) is 0 Å². The lowest BCUT2D eigenvalue weighted by Crippen LogP contribution is -2.39. The highest BCUT2D eigenvalue weighted by atomic mass is 16.5. The smallest absolute Gasteiger partial charge is 0.0689 e. The molecule has 1 atom stereocenters. The van der Waals surface area contributed by atoms with E-state index in [1.54, 1.807) is 0 Å². The fourth-order valence-corrected chi connectivity index (χ4v) is 3.09. The molecule has 3 nitrogen and oxygen atoms in total. The van der Waals surface area contributed by atoms with E-state index in [1.807, 2.05) is 0 Å². The monoisotopic (exact) mass is 259 g/mol. The van der Waals surface area contributed by atoms with E-state index < -0.39 is 0 Å². The van der Waals surface area contributed by atoms with Gasteiger partial charge in [-0.1, -0.05) is 30.3 Å². The van der Waals surface area contributed by atoms with Gasteiger partial charge in [-0.2, -0.15) is 0 Å². The second kappa shape index (κ2) is 5.87. The van der Waals surface area contributed by atoms with Crippen molar-refractivity contribution in [1.29, 1.82) is 0 Å². The molecule has 0 radical (unpaired) electrons. The Morgan fingerprint density at radius 3 is 3.00 bits per heavy atom. The predicted octanol–water partition coefficient (Wildman–Crippen LogP) is 1.92. The number of aliphatic hydroxyl groups is 1. The van der Waals surface area contributed by atoms with Crippen LogP contribution < -0.4 is 0 Å². The summed E-state index contributed by atoms with van der Waals surface area (Å²) in [5, 5.41) is 9.75. The summed E-state index contributed by atoms with van der Waals surface area (Å²) in [6, 6.07) is 8.61. The van der Waals surface area contributed by atoms with Crippen molar-refractivity contribution in [1.82, 2.24) is 4.90 Å². The van der Waals surface area contributed by atoms with Gasteiger partial charge in [0.25, 0.3) is 0 Å². The van der Waals surface area contributed by atoms with Gasteiger partial charge in [-0.15, -0.1) is 0 Å². The van der Waals surface area contributed by atoms with Crippen molar-refractivity contribution < 1.29 is 9.84 Å². The molecule has 0 saturated carbocycles. The molecule has 0 saturated heterocycles. The molecule has 0 fully saturated rings. The lowest BCUT2D eigenvalue weighted by molar-refractivity contribution is 0.106. The van der Waals surface area contributed by atoms with Crippen LogP contribution in [0.3, 0.4) is 0 Å². The maximum Gasteiger partial charge on any atom is 0.0689 e. The summed E-state index contributed by atoms with van der Waals surface area (Å²) in [4.78, 5) is 2.38. The van der Waals surface area contributed by atoms with Crippen molar-refractivity contribution in [3.63, 3.8) is 0 Å². The van der Waals surface area contributed by atoms with Crippen molar-refractivity contribution >= 4 is 0 Å². The van der Waals surface area contributed by atoms with Gasteiger partial charge in [0.15, 0.2) is 0 Å². The summed E-state index contributed by atoms with van der Waals surface area (Å²) in [7, 11) is 0. The van der Waals surface area contributed by atoms with Gasteiger partial charge in [0.05, 0.1) is 25.9 Å². The summed E-state index contributed by atoms with van der Waals surface area (Å²) in [5.74, 6) is 0. The fraction of sp³-hybridized carbons (Fsp3) is 0.500. The molecule has 3 heteroatoms. The van der Waals surface area contributed by atoms with E-state index in [2.05, 4.69) is 35.2 Å². The zero-order chi connectivity index (χ0) is 13.1. The minimum Gasteiger partial charge on any atom is -0.394 e. The van der Waals surface area contributed by atoms with Crippen LogP contribution >= 0.6 is 0 Å². The topological polar surface area (TPSA) is 32.7 Å².